The monoisotopic (exact) mass is 573 g/mol. The lowest BCUT2D eigenvalue weighted by Crippen LogP contribution is -2.28. The van der Waals surface area contributed by atoms with Crippen LogP contribution >= 0.6 is 0 Å². The van der Waals surface area contributed by atoms with Crippen molar-refractivity contribution in [2.24, 2.45) is 0 Å². The summed E-state index contributed by atoms with van der Waals surface area (Å²) in [5.74, 6) is 0. The maximum absolute atomic E-state index is 13.0. The van der Waals surface area contributed by atoms with E-state index in [9.17, 15) is 20.0 Å². The summed E-state index contributed by atoms with van der Waals surface area (Å²) in [6.45, 7) is 5.98. The largest absolute Gasteiger partial charge is 0.443 e. The van der Waals surface area contributed by atoms with Crippen molar-refractivity contribution in [3.63, 3.8) is 0 Å². The Hall–Kier alpha value is -4.62. The number of hydrogen-bond donors (Lipinski definition) is 1. The molecule has 13 heteroatoms. The van der Waals surface area contributed by atoms with Gasteiger partial charge in [-0.3, -0.25) is 10.1 Å². The van der Waals surface area contributed by atoms with Gasteiger partial charge in [0, 0.05) is 35.1 Å². The van der Waals surface area contributed by atoms with Crippen molar-refractivity contribution < 1.29 is 24.3 Å². The minimum Gasteiger partial charge on any atom is -0.443 e. The fraction of sp³-hybridized carbons (Fsp3) is 0.379. The first-order chi connectivity index (χ1) is 20.1. The third-order valence-electron chi connectivity index (χ3n) is 7.18. The van der Waals surface area contributed by atoms with Crippen LogP contribution in [-0.4, -0.2) is 57.7 Å². The van der Waals surface area contributed by atoms with Gasteiger partial charge in [-0.05, 0) is 57.7 Å². The van der Waals surface area contributed by atoms with E-state index in [2.05, 4.69) is 15.4 Å². The first kappa shape index (κ1) is 27.5. The van der Waals surface area contributed by atoms with E-state index < -0.39 is 16.6 Å². The molecular weight excluding hydrogens is 542 g/mol. The van der Waals surface area contributed by atoms with Gasteiger partial charge < -0.3 is 14.6 Å². The summed E-state index contributed by atoms with van der Waals surface area (Å²) in [6, 6.07) is 10.4. The van der Waals surface area contributed by atoms with Crippen molar-refractivity contribution >= 4 is 33.6 Å². The maximum atomic E-state index is 13.0. The molecule has 1 N–H and O–H groups in total. The van der Waals surface area contributed by atoms with Crippen LogP contribution in [0.3, 0.4) is 0 Å². The highest BCUT2D eigenvalue weighted by Crippen LogP contribution is 2.35. The molecule has 1 aliphatic heterocycles. The molecule has 3 aromatic heterocycles. The molecule has 0 bridgehead atoms. The quantitative estimate of drug-likeness (QED) is 0.214. The molecule has 218 valence electrons. The number of rotatable bonds is 6. The van der Waals surface area contributed by atoms with Crippen LogP contribution in [0.15, 0.2) is 48.8 Å². The van der Waals surface area contributed by atoms with Crippen molar-refractivity contribution in [1.82, 2.24) is 29.3 Å². The van der Waals surface area contributed by atoms with Gasteiger partial charge in [0.05, 0.1) is 47.2 Å². The molecule has 5 aromatic rings. The van der Waals surface area contributed by atoms with Crippen LogP contribution in [0.1, 0.15) is 57.5 Å². The molecule has 1 saturated heterocycles. The number of nitro benzene ring substituents is 1. The Morgan fingerprint density at radius 1 is 1.19 bits per heavy atom. The first-order valence-electron chi connectivity index (χ1n) is 13.8. The van der Waals surface area contributed by atoms with Gasteiger partial charge in [0.2, 0.25) is 0 Å². The molecule has 4 heterocycles. The molecule has 13 nitrogen and oxygen atoms in total. The number of nitro groups is 1. The number of carbonyl (C=O) groups excluding carboxylic acids is 1. The predicted molar refractivity (Wildman–Crippen MR) is 153 cm³/mol. The van der Waals surface area contributed by atoms with Gasteiger partial charge in [-0.15, -0.1) is 5.10 Å². The molecule has 1 fully saturated rings. The lowest BCUT2D eigenvalue weighted by atomic mass is 10.1. The third-order valence-corrected chi connectivity index (χ3v) is 7.18. The van der Waals surface area contributed by atoms with Crippen molar-refractivity contribution in [3.8, 4) is 11.3 Å². The minimum atomic E-state index is -0.701. The summed E-state index contributed by atoms with van der Waals surface area (Å²) in [4.78, 5) is 24.4. The normalized spacial score (nSPS) is 15.9. The molecule has 0 aliphatic carbocycles. The van der Waals surface area contributed by atoms with Gasteiger partial charge in [0.1, 0.15) is 11.3 Å². The molecule has 1 unspecified atom stereocenters. The van der Waals surface area contributed by atoms with Crippen LogP contribution in [0.2, 0.25) is 0 Å². The summed E-state index contributed by atoms with van der Waals surface area (Å²) in [6.07, 6.45) is 5.32. The van der Waals surface area contributed by atoms with E-state index in [1.165, 1.54) is 16.7 Å². The fourth-order valence-corrected chi connectivity index (χ4v) is 5.32. The molecule has 0 spiro atoms. The average Bonchev–Trinajstić information content (AvgIpc) is 3.68. The van der Waals surface area contributed by atoms with Crippen molar-refractivity contribution in [2.45, 2.75) is 65.0 Å². The molecule has 2 aromatic carbocycles. The van der Waals surface area contributed by atoms with Crippen molar-refractivity contribution in [1.29, 1.82) is 0 Å². The molecular formula is C29H31N7O6. The van der Waals surface area contributed by atoms with Crippen LogP contribution in [0, 0.1) is 10.1 Å². The summed E-state index contributed by atoms with van der Waals surface area (Å²) in [7, 11) is 0. The Labute approximate surface area is 240 Å². The van der Waals surface area contributed by atoms with Crippen molar-refractivity contribution in [3.05, 3.63) is 70.2 Å². The molecule has 1 atom stereocenters. The number of aromatic nitrogens is 6. The number of carbonyl (C=O) groups is 1. The molecule has 1 aliphatic rings. The smallest absolute Gasteiger partial charge is 0.419 e. The number of nitrogens with zero attached hydrogens (tertiary/aromatic N) is 7. The molecule has 42 heavy (non-hydrogen) atoms. The number of benzene rings is 2. The minimum absolute atomic E-state index is 0.0716. The number of non-ortho nitro benzene ring substituents is 1. The summed E-state index contributed by atoms with van der Waals surface area (Å²) in [5, 5.41) is 36.3. The highest BCUT2D eigenvalue weighted by atomic mass is 16.6. The first-order valence-corrected chi connectivity index (χ1v) is 13.8. The number of ether oxygens (including phenoxy) is 2. The third kappa shape index (κ3) is 5.23. The van der Waals surface area contributed by atoms with E-state index in [-0.39, 0.29) is 18.5 Å². The van der Waals surface area contributed by atoms with E-state index >= 15 is 0 Å². The van der Waals surface area contributed by atoms with Gasteiger partial charge in [0.25, 0.3) is 5.69 Å². The summed E-state index contributed by atoms with van der Waals surface area (Å²) < 4.78 is 16.2. The lowest BCUT2D eigenvalue weighted by Gasteiger charge is -2.23. The Morgan fingerprint density at radius 2 is 2.02 bits per heavy atom. The maximum Gasteiger partial charge on any atom is 0.419 e. The number of aliphatic hydroxyl groups excluding tert-OH is 1. The second-order valence-corrected chi connectivity index (χ2v) is 11.4. The molecule has 0 amide bonds. The highest BCUT2D eigenvalue weighted by Gasteiger charge is 2.24. The van der Waals surface area contributed by atoms with Gasteiger partial charge in [-0.25, -0.2) is 18.7 Å². The van der Waals surface area contributed by atoms with Gasteiger partial charge >= 0.3 is 6.09 Å². The Bertz CT molecular complexity index is 1810. The fourth-order valence-electron chi connectivity index (χ4n) is 5.32. The van der Waals surface area contributed by atoms with Crippen LogP contribution in [0.5, 0.6) is 0 Å². The number of aliphatic hydroxyl groups is 1. The topological polar surface area (TPSA) is 152 Å². The van der Waals surface area contributed by atoms with Crippen LogP contribution < -0.4 is 0 Å². The highest BCUT2D eigenvalue weighted by molar-refractivity contribution is 5.95. The van der Waals surface area contributed by atoms with E-state index in [4.69, 9.17) is 9.47 Å². The standard InChI is InChI=1S/C29H31N7O6/c1-29(2,3)42-28(38)34-21(17-37)11-19-8-7-18(10-25(19)34)15-33-16-24(31-32-33)22-12-20(36(39)40)13-26-23(22)14-30-35(26)27-6-4-5-9-41-27/h7-8,10-14,16,27,37H,4-6,9,15,17H2,1-3H3. The zero-order chi connectivity index (χ0) is 29.6. The molecule has 6 rings (SSSR count). The van der Waals surface area contributed by atoms with Gasteiger partial charge in [0.15, 0.2) is 6.23 Å². The van der Waals surface area contributed by atoms with E-state index in [1.54, 1.807) is 48.6 Å². The molecule has 0 saturated carbocycles. The van der Waals surface area contributed by atoms with Crippen LogP contribution in [-0.2, 0) is 22.6 Å². The predicted octanol–water partition coefficient (Wildman–Crippen LogP) is 5.18. The summed E-state index contributed by atoms with van der Waals surface area (Å²) in [5.41, 5.74) is 2.71. The second kappa shape index (κ2) is 10.7. The zero-order valence-corrected chi connectivity index (χ0v) is 23.6. The lowest BCUT2D eigenvalue weighted by molar-refractivity contribution is -0.384. The number of fused-ring (bicyclic) bond motifs is 2. The van der Waals surface area contributed by atoms with Crippen LogP contribution in [0.25, 0.3) is 33.1 Å². The van der Waals surface area contributed by atoms with Crippen LogP contribution in [0.4, 0.5) is 10.5 Å². The number of hydrogen-bond acceptors (Lipinski definition) is 9. The van der Waals surface area contributed by atoms with Gasteiger partial charge in [-0.2, -0.15) is 5.10 Å². The SMILES string of the molecule is CC(C)(C)OC(=O)n1c(CO)cc2ccc(Cn3cc(-c4cc([N+](=O)[O-])cc5c4cnn5C4CCCCO4)nn3)cc21. The Kier molecular flexibility index (Phi) is 6.99. The van der Waals surface area contributed by atoms with E-state index in [0.717, 1.165) is 35.6 Å². The summed E-state index contributed by atoms with van der Waals surface area (Å²) >= 11 is 0. The average molecular weight is 574 g/mol. The van der Waals surface area contributed by atoms with E-state index in [0.29, 0.717) is 41.1 Å². The Morgan fingerprint density at radius 3 is 2.74 bits per heavy atom. The Balaban J connectivity index is 1.34. The van der Waals surface area contributed by atoms with E-state index in [1.807, 2.05) is 18.2 Å². The van der Waals surface area contributed by atoms with Gasteiger partial charge in [-0.1, -0.05) is 17.3 Å². The zero-order valence-electron chi connectivity index (χ0n) is 23.6. The second-order valence-electron chi connectivity index (χ2n) is 11.4. The van der Waals surface area contributed by atoms with Crippen molar-refractivity contribution in [2.75, 3.05) is 6.61 Å². The molecule has 0 radical (unpaired) electrons.